The van der Waals surface area contributed by atoms with E-state index in [-0.39, 0.29) is 5.41 Å². The number of phenols is 2. The molecule has 2 aromatic rings. The van der Waals surface area contributed by atoms with E-state index in [1.807, 2.05) is 33.8 Å². The Balaban J connectivity index is 2.25. The maximum atomic E-state index is 10.5. The largest absolute Gasteiger partial charge is 0.507 e. The lowest BCUT2D eigenvalue weighted by molar-refractivity contribution is 0.342. The molecule has 0 amide bonds. The van der Waals surface area contributed by atoms with Gasteiger partial charge < -0.3 is 10.2 Å². The average Bonchev–Trinajstić information content (AvgIpc) is 2.58. The molecule has 0 aromatic heterocycles. The van der Waals surface area contributed by atoms with Gasteiger partial charge in [-0.25, -0.2) is 0 Å². The first kappa shape index (κ1) is 16.9. The van der Waals surface area contributed by atoms with E-state index < -0.39 is 0 Å². The van der Waals surface area contributed by atoms with Gasteiger partial charge in [-0.05, 0) is 73.9 Å². The standard InChI is InChI=1S/C22H28O2/c1-14-8-9-19(17(4)21(14)24)22(10-6-5-7-11-22)18-12-15(2)20(23)16(3)13-18/h8-9,12-13,23-24H,5-7,10-11H2,1-4H3. The Hall–Kier alpha value is -1.96. The molecule has 0 bridgehead atoms. The molecule has 24 heavy (non-hydrogen) atoms. The van der Waals surface area contributed by atoms with Crippen LogP contribution in [0.3, 0.4) is 0 Å². The second kappa shape index (κ2) is 6.16. The van der Waals surface area contributed by atoms with Crippen LogP contribution in [-0.4, -0.2) is 10.2 Å². The molecule has 128 valence electrons. The lowest BCUT2D eigenvalue weighted by Gasteiger charge is -2.40. The van der Waals surface area contributed by atoms with Crippen molar-refractivity contribution in [1.29, 1.82) is 0 Å². The lowest BCUT2D eigenvalue weighted by atomic mass is 9.63. The number of hydrogen-bond acceptors (Lipinski definition) is 2. The molecule has 2 aromatic carbocycles. The molecule has 1 fully saturated rings. The van der Waals surface area contributed by atoms with Crippen LogP contribution in [0.1, 0.15) is 65.5 Å². The highest BCUT2D eigenvalue weighted by atomic mass is 16.3. The van der Waals surface area contributed by atoms with Crippen molar-refractivity contribution >= 4 is 0 Å². The zero-order chi connectivity index (χ0) is 17.5. The predicted octanol–water partition coefficient (Wildman–Crippen LogP) is 5.58. The van der Waals surface area contributed by atoms with Crippen molar-refractivity contribution in [2.24, 2.45) is 0 Å². The topological polar surface area (TPSA) is 40.5 Å². The van der Waals surface area contributed by atoms with Gasteiger partial charge in [0.2, 0.25) is 0 Å². The van der Waals surface area contributed by atoms with Gasteiger partial charge in [0.1, 0.15) is 11.5 Å². The molecule has 0 aliphatic heterocycles. The minimum absolute atomic E-state index is 0.0588. The lowest BCUT2D eigenvalue weighted by Crippen LogP contribution is -2.31. The minimum atomic E-state index is -0.0588. The molecule has 0 saturated heterocycles. The van der Waals surface area contributed by atoms with Crippen LogP contribution >= 0.6 is 0 Å². The molecular formula is C22H28O2. The second-order valence-electron chi connectivity index (χ2n) is 7.51. The average molecular weight is 324 g/mol. The molecule has 0 unspecified atom stereocenters. The van der Waals surface area contributed by atoms with Gasteiger partial charge in [0, 0.05) is 5.41 Å². The number of phenolic OH excluding ortho intramolecular Hbond substituents is 2. The number of aryl methyl sites for hydroxylation is 3. The molecule has 0 atom stereocenters. The van der Waals surface area contributed by atoms with Crippen LogP contribution in [0.4, 0.5) is 0 Å². The molecule has 3 rings (SSSR count). The Morgan fingerprint density at radius 3 is 1.92 bits per heavy atom. The van der Waals surface area contributed by atoms with E-state index in [9.17, 15) is 10.2 Å². The van der Waals surface area contributed by atoms with Gasteiger partial charge >= 0.3 is 0 Å². The summed E-state index contributed by atoms with van der Waals surface area (Å²) in [5, 5.41) is 20.7. The van der Waals surface area contributed by atoms with Gasteiger partial charge in [0.15, 0.2) is 0 Å². The second-order valence-corrected chi connectivity index (χ2v) is 7.51. The molecule has 1 saturated carbocycles. The Kier molecular flexibility index (Phi) is 4.33. The minimum Gasteiger partial charge on any atom is -0.507 e. The van der Waals surface area contributed by atoms with Crippen molar-refractivity contribution in [2.45, 2.75) is 65.2 Å². The van der Waals surface area contributed by atoms with Gasteiger partial charge in [-0.3, -0.25) is 0 Å². The van der Waals surface area contributed by atoms with Gasteiger partial charge in [0.25, 0.3) is 0 Å². The smallest absolute Gasteiger partial charge is 0.121 e. The third kappa shape index (κ3) is 2.58. The molecule has 1 aliphatic rings. The highest BCUT2D eigenvalue weighted by Crippen LogP contribution is 2.48. The third-order valence-corrected chi connectivity index (χ3v) is 5.90. The van der Waals surface area contributed by atoms with E-state index in [2.05, 4.69) is 18.2 Å². The van der Waals surface area contributed by atoms with Crippen molar-refractivity contribution in [2.75, 3.05) is 0 Å². The molecular weight excluding hydrogens is 296 g/mol. The fraction of sp³-hybridized carbons (Fsp3) is 0.455. The number of hydrogen-bond donors (Lipinski definition) is 2. The van der Waals surface area contributed by atoms with Crippen LogP contribution in [-0.2, 0) is 5.41 Å². The van der Waals surface area contributed by atoms with Crippen LogP contribution in [0, 0.1) is 27.7 Å². The van der Waals surface area contributed by atoms with Gasteiger partial charge in [0.05, 0.1) is 0 Å². The van der Waals surface area contributed by atoms with E-state index in [0.717, 1.165) is 35.1 Å². The van der Waals surface area contributed by atoms with E-state index >= 15 is 0 Å². The first-order chi connectivity index (χ1) is 11.4. The van der Waals surface area contributed by atoms with Crippen LogP contribution < -0.4 is 0 Å². The summed E-state index contributed by atoms with van der Waals surface area (Å²) in [5.41, 5.74) is 6.26. The molecule has 0 spiro atoms. The predicted molar refractivity (Wildman–Crippen MR) is 99.0 cm³/mol. The van der Waals surface area contributed by atoms with Crippen molar-refractivity contribution in [3.63, 3.8) is 0 Å². The van der Waals surface area contributed by atoms with Crippen molar-refractivity contribution in [3.8, 4) is 11.5 Å². The van der Waals surface area contributed by atoms with E-state index in [0.29, 0.717) is 11.5 Å². The summed E-state index contributed by atoms with van der Waals surface area (Å²) >= 11 is 0. The monoisotopic (exact) mass is 324 g/mol. The Morgan fingerprint density at radius 1 is 0.750 bits per heavy atom. The summed E-state index contributed by atoms with van der Waals surface area (Å²) in [7, 11) is 0. The molecule has 1 aliphatic carbocycles. The molecule has 2 heteroatoms. The first-order valence-electron chi connectivity index (χ1n) is 8.97. The van der Waals surface area contributed by atoms with Crippen molar-refractivity contribution in [3.05, 3.63) is 57.6 Å². The molecule has 2 N–H and O–H groups in total. The van der Waals surface area contributed by atoms with Crippen molar-refractivity contribution < 1.29 is 10.2 Å². The normalized spacial score (nSPS) is 17.0. The fourth-order valence-corrected chi connectivity index (χ4v) is 4.46. The summed E-state index contributed by atoms with van der Waals surface area (Å²) in [6.45, 7) is 7.94. The highest BCUT2D eigenvalue weighted by Gasteiger charge is 2.38. The molecule has 0 radical (unpaired) electrons. The summed E-state index contributed by atoms with van der Waals surface area (Å²) in [5.74, 6) is 0.817. The summed E-state index contributed by atoms with van der Waals surface area (Å²) < 4.78 is 0. The number of benzene rings is 2. The number of aromatic hydroxyl groups is 2. The maximum Gasteiger partial charge on any atom is 0.121 e. The maximum absolute atomic E-state index is 10.5. The molecule has 0 heterocycles. The Bertz CT molecular complexity index is 745. The van der Waals surface area contributed by atoms with Crippen LogP contribution in [0.25, 0.3) is 0 Å². The van der Waals surface area contributed by atoms with Crippen LogP contribution in [0.5, 0.6) is 11.5 Å². The van der Waals surface area contributed by atoms with Gasteiger partial charge in [-0.1, -0.05) is 43.5 Å². The summed E-state index contributed by atoms with van der Waals surface area (Å²) in [6, 6.07) is 8.52. The molecule has 2 nitrogen and oxygen atoms in total. The van der Waals surface area contributed by atoms with Gasteiger partial charge in [-0.2, -0.15) is 0 Å². The third-order valence-electron chi connectivity index (χ3n) is 5.90. The number of rotatable bonds is 2. The Labute approximate surface area is 145 Å². The highest BCUT2D eigenvalue weighted by molar-refractivity contribution is 5.54. The quantitative estimate of drug-likeness (QED) is 0.757. The van der Waals surface area contributed by atoms with Crippen LogP contribution in [0.15, 0.2) is 24.3 Å². The first-order valence-corrected chi connectivity index (χ1v) is 8.97. The Morgan fingerprint density at radius 2 is 1.33 bits per heavy atom. The van der Waals surface area contributed by atoms with E-state index in [4.69, 9.17) is 0 Å². The van der Waals surface area contributed by atoms with E-state index in [1.165, 1.54) is 30.4 Å². The summed E-state index contributed by atoms with van der Waals surface area (Å²) in [6.07, 6.45) is 5.87. The zero-order valence-electron chi connectivity index (χ0n) is 15.2. The SMILES string of the molecule is Cc1cc(C2(c3ccc(C)c(O)c3C)CCCCC2)cc(C)c1O. The van der Waals surface area contributed by atoms with Gasteiger partial charge in [-0.15, -0.1) is 0 Å². The van der Waals surface area contributed by atoms with Crippen molar-refractivity contribution in [1.82, 2.24) is 0 Å². The van der Waals surface area contributed by atoms with E-state index in [1.54, 1.807) is 0 Å². The fourth-order valence-electron chi connectivity index (χ4n) is 4.46. The van der Waals surface area contributed by atoms with Crippen LogP contribution in [0.2, 0.25) is 0 Å². The zero-order valence-corrected chi connectivity index (χ0v) is 15.2. The summed E-state index contributed by atoms with van der Waals surface area (Å²) in [4.78, 5) is 0.